The summed E-state index contributed by atoms with van der Waals surface area (Å²) in [5.74, 6) is 0.325. The fourth-order valence-corrected chi connectivity index (χ4v) is 3.42. The predicted octanol–water partition coefficient (Wildman–Crippen LogP) is 4.02. The van der Waals surface area contributed by atoms with E-state index in [9.17, 15) is 9.18 Å². The molecule has 5 heteroatoms. The second kappa shape index (κ2) is 6.31. The Labute approximate surface area is 144 Å². The molecule has 1 aliphatic rings. The average molecular weight is 338 g/mol. The molecule has 3 aromatic rings. The average Bonchev–Trinajstić information content (AvgIpc) is 3.06. The van der Waals surface area contributed by atoms with Gasteiger partial charge in [0.1, 0.15) is 17.7 Å². The SMILES string of the molecule is CCCCC1Cc2c(c3cccnc3n(-c3ccc(F)cc3)c2=O)O1. The van der Waals surface area contributed by atoms with Crippen LogP contribution in [-0.4, -0.2) is 15.7 Å². The Bertz CT molecular complexity index is 979. The molecule has 0 radical (unpaired) electrons. The number of hydrogen-bond donors (Lipinski definition) is 0. The molecule has 0 bridgehead atoms. The first-order valence-electron chi connectivity index (χ1n) is 8.64. The summed E-state index contributed by atoms with van der Waals surface area (Å²) in [5.41, 5.74) is 1.70. The summed E-state index contributed by atoms with van der Waals surface area (Å²) < 4.78 is 20.9. The van der Waals surface area contributed by atoms with Crippen LogP contribution in [0.15, 0.2) is 47.4 Å². The lowest BCUT2D eigenvalue weighted by atomic mass is 10.1. The van der Waals surface area contributed by atoms with Gasteiger partial charge in [0.05, 0.1) is 16.6 Å². The highest BCUT2D eigenvalue weighted by Crippen LogP contribution is 2.35. The Morgan fingerprint density at radius 3 is 2.84 bits per heavy atom. The summed E-state index contributed by atoms with van der Waals surface area (Å²) >= 11 is 0. The fourth-order valence-electron chi connectivity index (χ4n) is 3.42. The van der Waals surface area contributed by atoms with Crippen LogP contribution in [0.1, 0.15) is 31.7 Å². The van der Waals surface area contributed by atoms with Gasteiger partial charge in [-0.15, -0.1) is 0 Å². The molecule has 4 rings (SSSR count). The Morgan fingerprint density at radius 1 is 1.28 bits per heavy atom. The number of aromatic nitrogens is 2. The maximum absolute atomic E-state index is 13.3. The van der Waals surface area contributed by atoms with E-state index in [1.54, 1.807) is 22.9 Å². The highest BCUT2D eigenvalue weighted by molar-refractivity contribution is 5.85. The van der Waals surface area contributed by atoms with Crippen molar-refractivity contribution in [1.82, 2.24) is 9.55 Å². The topological polar surface area (TPSA) is 44.1 Å². The van der Waals surface area contributed by atoms with E-state index < -0.39 is 0 Å². The molecule has 1 unspecified atom stereocenters. The number of hydrogen-bond acceptors (Lipinski definition) is 3. The predicted molar refractivity (Wildman–Crippen MR) is 94.9 cm³/mol. The van der Waals surface area contributed by atoms with Crippen molar-refractivity contribution >= 4 is 11.0 Å². The first kappa shape index (κ1) is 15.8. The minimum Gasteiger partial charge on any atom is -0.489 e. The number of benzene rings is 1. The molecule has 0 spiro atoms. The zero-order valence-corrected chi connectivity index (χ0v) is 14.0. The molecule has 128 valence electrons. The minimum atomic E-state index is -0.335. The summed E-state index contributed by atoms with van der Waals surface area (Å²) in [5, 5.41) is 0.820. The van der Waals surface area contributed by atoms with Gasteiger partial charge < -0.3 is 4.74 Å². The van der Waals surface area contributed by atoms with Crippen LogP contribution < -0.4 is 10.3 Å². The Hall–Kier alpha value is -2.69. The van der Waals surface area contributed by atoms with Gasteiger partial charge in [-0.2, -0.15) is 0 Å². The minimum absolute atomic E-state index is 0.0372. The van der Waals surface area contributed by atoms with Crippen molar-refractivity contribution in [3.8, 4) is 11.4 Å². The van der Waals surface area contributed by atoms with Gasteiger partial charge in [-0.1, -0.05) is 19.8 Å². The number of rotatable bonds is 4. The van der Waals surface area contributed by atoms with Crippen molar-refractivity contribution in [3.63, 3.8) is 0 Å². The van der Waals surface area contributed by atoms with Crippen LogP contribution in [0.2, 0.25) is 0 Å². The lowest BCUT2D eigenvalue weighted by molar-refractivity contribution is 0.219. The lowest BCUT2D eigenvalue weighted by Crippen LogP contribution is -2.23. The normalized spacial score (nSPS) is 16.0. The summed E-state index contributed by atoms with van der Waals surface area (Å²) in [6, 6.07) is 9.66. The number of nitrogens with zero attached hydrogens (tertiary/aromatic N) is 2. The number of unbranched alkanes of at least 4 members (excludes halogenated alkanes) is 1. The Kier molecular flexibility index (Phi) is 3.99. The Morgan fingerprint density at radius 2 is 2.08 bits per heavy atom. The second-order valence-corrected chi connectivity index (χ2v) is 6.39. The monoisotopic (exact) mass is 338 g/mol. The summed E-state index contributed by atoms with van der Waals surface area (Å²) in [4.78, 5) is 17.5. The maximum atomic E-state index is 13.3. The van der Waals surface area contributed by atoms with Crippen LogP contribution in [0.25, 0.3) is 16.7 Å². The van der Waals surface area contributed by atoms with E-state index in [1.807, 2.05) is 12.1 Å². The molecule has 1 atom stereocenters. The van der Waals surface area contributed by atoms with Crippen LogP contribution in [0.5, 0.6) is 5.75 Å². The molecular formula is C20H19FN2O2. The molecule has 0 N–H and O–H groups in total. The van der Waals surface area contributed by atoms with Gasteiger partial charge in [0, 0.05) is 12.6 Å². The zero-order valence-electron chi connectivity index (χ0n) is 14.0. The van der Waals surface area contributed by atoms with Crippen LogP contribution in [0.3, 0.4) is 0 Å². The van der Waals surface area contributed by atoms with E-state index >= 15 is 0 Å². The molecule has 0 aliphatic carbocycles. The standard InChI is InChI=1S/C20H19FN2O2/c1-2-3-5-15-12-17-18(25-15)16-6-4-11-22-19(16)23(20(17)24)14-9-7-13(21)8-10-14/h4,6-11,15H,2-3,5,12H2,1H3. The van der Waals surface area contributed by atoms with Gasteiger partial charge in [0.15, 0.2) is 5.65 Å². The first-order valence-corrected chi connectivity index (χ1v) is 8.64. The van der Waals surface area contributed by atoms with E-state index in [0.29, 0.717) is 29.1 Å². The molecule has 3 heterocycles. The van der Waals surface area contributed by atoms with E-state index in [-0.39, 0.29) is 17.5 Å². The number of pyridine rings is 2. The number of ether oxygens (including phenoxy) is 1. The molecular weight excluding hydrogens is 319 g/mol. The van der Waals surface area contributed by atoms with Crippen molar-refractivity contribution in [2.45, 2.75) is 38.7 Å². The smallest absolute Gasteiger partial charge is 0.263 e. The quantitative estimate of drug-likeness (QED) is 0.722. The van der Waals surface area contributed by atoms with Gasteiger partial charge in [0.2, 0.25) is 0 Å². The van der Waals surface area contributed by atoms with Crippen LogP contribution in [0.4, 0.5) is 4.39 Å². The molecule has 4 nitrogen and oxygen atoms in total. The molecule has 25 heavy (non-hydrogen) atoms. The Balaban J connectivity index is 1.92. The molecule has 0 saturated heterocycles. The highest BCUT2D eigenvalue weighted by Gasteiger charge is 2.29. The van der Waals surface area contributed by atoms with E-state index in [0.717, 1.165) is 24.6 Å². The summed E-state index contributed by atoms with van der Waals surface area (Å²) in [7, 11) is 0. The van der Waals surface area contributed by atoms with Gasteiger partial charge in [0.25, 0.3) is 5.56 Å². The molecule has 0 saturated carbocycles. The maximum Gasteiger partial charge on any atom is 0.263 e. The highest BCUT2D eigenvalue weighted by atomic mass is 19.1. The van der Waals surface area contributed by atoms with Crippen molar-refractivity contribution in [2.24, 2.45) is 0 Å². The third-order valence-electron chi connectivity index (χ3n) is 4.66. The van der Waals surface area contributed by atoms with Crippen molar-refractivity contribution in [1.29, 1.82) is 0 Å². The molecule has 0 fully saturated rings. The summed E-state index contributed by atoms with van der Waals surface area (Å²) in [6.45, 7) is 2.14. The van der Waals surface area contributed by atoms with Crippen LogP contribution in [0, 0.1) is 5.82 Å². The number of fused-ring (bicyclic) bond motifs is 3. The van der Waals surface area contributed by atoms with E-state index in [2.05, 4.69) is 11.9 Å². The fraction of sp³-hybridized carbons (Fsp3) is 0.300. The van der Waals surface area contributed by atoms with Crippen LogP contribution in [-0.2, 0) is 6.42 Å². The van der Waals surface area contributed by atoms with Crippen LogP contribution >= 0.6 is 0 Å². The lowest BCUT2D eigenvalue weighted by Gasteiger charge is -2.13. The first-order chi connectivity index (χ1) is 12.2. The van der Waals surface area contributed by atoms with Gasteiger partial charge in [-0.05, 0) is 42.8 Å². The van der Waals surface area contributed by atoms with E-state index in [4.69, 9.17) is 4.74 Å². The third-order valence-corrected chi connectivity index (χ3v) is 4.66. The molecule has 2 aromatic heterocycles. The van der Waals surface area contributed by atoms with Gasteiger partial charge >= 0.3 is 0 Å². The second-order valence-electron chi connectivity index (χ2n) is 6.39. The molecule has 1 aromatic carbocycles. The largest absolute Gasteiger partial charge is 0.489 e. The zero-order chi connectivity index (χ0) is 17.4. The van der Waals surface area contributed by atoms with Crippen molar-refractivity contribution in [2.75, 3.05) is 0 Å². The third kappa shape index (κ3) is 2.69. The van der Waals surface area contributed by atoms with Gasteiger partial charge in [-0.25, -0.2) is 9.37 Å². The molecule has 0 amide bonds. The van der Waals surface area contributed by atoms with E-state index in [1.165, 1.54) is 12.1 Å². The summed E-state index contributed by atoms with van der Waals surface area (Å²) in [6.07, 6.45) is 5.40. The van der Waals surface area contributed by atoms with Gasteiger partial charge in [-0.3, -0.25) is 9.36 Å². The number of halogens is 1. The van der Waals surface area contributed by atoms with Crippen molar-refractivity contribution < 1.29 is 9.13 Å². The molecule has 1 aliphatic heterocycles. The van der Waals surface area contributed by atoms with Crippen molar-refractivity contribution in [3.05, 3.63) is 64.3 Å².